The van der Waals surface area contributed by atoms with Gasteiger partial charge in [-0.3, -0.25) is 0 Å². The normalized spacial score (nSPS) is 17.6. The quantitative estimate of drug-likeness (QED) is 0.791. The Balaban J connectivity index is 1.82. The molecule has 19 heavy (non-hydrogen) atoms. The molecule has 0 aromatic carbocycles. The molecule has 0 radical (unpaired) electrons. The van der Waals surface area contributed by atoms with Gasteiger partial charge in [0.1, 0.15) is 11.5 Å². The molecule has 1 aliphatic rings. The summed E-state index contributed by atoms with van der Waals surface area (Å²) in [4.78, 5) is 0. The molecule has 0 aliphatic heterocycles. The van der Waals surface area contributed by atoms with Crippen LogP contribution in [0.15, 0.2) is 10.5 Å². The van der Waals surface area contributed by atoms with Crippen LogP contribution in [0, 0.1) is 6.92 Å². The van der Waals surface area contributed by atoms with E-state index in [1.807, 2.05) is 6.92 Å². The molecule has 0 spiro atoms. The van der Waals surface area contributed by atoms with E-state index in [-0.39, 0.29) is 0 Å². The van der Waals surface area contributed by atoms with Crippen LogP contribution in [0.25, 0.3) is 0 Å². The Labute approximate surface area is 116 Å². The molecule has 3 heteroatoms. The molecular formula is C16H27NO2. The van der Waals surface area contributed by atoms with Crippen molar-refractivity contribution in [2.24, 2.45) is 0 Å². The first kappa shape index (κ1) is 14.6. The van der Waals surface area contributed by atoms with E-state index in [4.69, 9.17) is 9.15 Å². The zero-order valence-corrected chi connectivity index (χ0v) is 12.3. The van der Waals surface area contributed by atoms with E-state index in [1.165, 1.54) is 44.1 Å². The Bertz CT molecular complexity index is 365. The van der Waals surface area contributed by atoms with E-state index in [0.29, 0.717) is 12.7 Å². The molecule has 1 aromatic rings. The van der Waals surface area contributed by atoms with E-state index in [9.17, 15) is 0 Å². The molecule has 1 heterocycles. The first-order valence-electron chi connectivity index (χ1n) is 7.70. The van der Waals surface area contributed by atoms with E-state index in [1.54, 1.807) is 0 Å². The van der Waals surface area contributed by atoms with Crippen LogP contribution in [0.2, 0.25) is 0 Å². The van der Waals surface area contributed by atoms with Crippen LogP contribution < -0.4 is 5.32 Å². The highest BCUT2D eigenvalue weighted by atomic mass is 16.5. The maximum atomic E-state index is 6.07. The third kappa shape index (κ3) is 4.66. The Kier molecular flexibility index (Phi) is 5.93. The van der Waals surface area contributed by atoms with Crippen molar-refractivity contribution in [2.45, 2.75) is 71.6 Å². The van der Waals surface area contributed by atoms with Gasteiger partial charge in [-0.25, -0.2) is 0 Å². The lowest BCUT2D eigenvalue weighted by molar-refractivity contribution is 0.0304. The second-order valence-corrected chi connectivity index (χ2v) is 5.50. The van der Waals surface area contributed by atoms with Crippen molar-refractivity contribution in [1.29, 1.82) is 0 Å². The maximum absolute atomic E-state index is 6.07. The zero-order chi connectivity index (χ0) is 13.5. The van der Waals surface area contributed by atoms with Crippen LogP contribution in [0.1, 0.15) is 62.5 Å². The van der Waals surface area contributed by atoms with Gasteiger partial charge in [0.05, 0.1) is 19.3 Å². The van der Waals surface area contributed by atoms with Crippen LogP contribution >= 0.6 is 0 Å². The number of ether oxygens (including phenoxy) is 1. The van der Waals surface area contributed by atoms with Gasteiger partial charge in [-0.15, -0.1) is 0 Å². The van der Waals surface area contributed by atoms with Gasteiger partial charge >= 0.3 is 0 Å². The standard InChI is InChI=1S/C16H27NO2/c1-3-17-11-16-10-14(13(2)19-16)12-18-15-8-6-4-5-7-9-15/h10,15,17H,3-9,11-12H2,1-2H3. The summed E-state index contributed by atoms with van der Waals surface area (Å²) in [7, 11) is 0. The number of hydrogen-bond acceptors (Lipinski definition) is 3. The molecule has 1 saturated carbocycles. The highest BCUT2D eigenvalue weighted by Gasteiger charge is 2.14. The minimum Gasteiger partial charge on any atom is -0.465 e. The molecule has 1 fully saturated rings. The molecule has 0 atom stereocenters. The summed E-state index contributed by atoms with van der Waals surface area (Å²) in [5, 5.41) is 3.28. The van der Waals surface area contributed by atoms with Crippen molar-refractivity contribution >= 4 is 0 Å². The molecule has 108 valence electrons. The molecule has 0 unspecified atom stereocenters. The average molecular weight is 265 g/mol. The number of aryl methyl sites for hydroxylation is 1. The van der Waals surface area contributed by atoms with Crippen LogP contribution in [-0.2, 0) is 17.9 Å². The average Bonchev–Trinajstić information content (AvgIpc) is 2.63. The summed E-state index contributed by atoms with van der Waals surface area (Å²) in [5.74, 6) is 2.01. The molecule has 2 rings (SSSR count). The number of nitrogens with one attached hydrogen (secondary N) is 1. The maximum Gasteiger partial charge on any atom is 0.118 e. The second-order valence-electron chi connectivity index (χ2n) is 5.50. The van der Waals surface area contributed by atoms with Crippen LogP contribution in [0.4, 0.5) is 0 Å². The van der Waals surface area contributed by atoms with Gasteiger partial charge in [0, 0.05) is 5.56 Å². The van der Waals surface area contributed by atoms with Gasteiger partial charge in [-0.05, 0) is 32.4 Å². The topological polar surface area (TPSA) is 34.4 Å². The van der Waals surface area contributed by atoms with Crippen LogP contribution in [0.5, 0.6) is 0 Å². The third-order valence-electron chi connectivity index (χ3n) is 3.90. The Morgan fingerprint density at radius 1 is 1.26 bits per heavy atom. The highest BCUT2D eigenvalue weighted by molar-refractivity contribution is 5.19. The molecule has 3 nitrogen and oxygen atoms in total. The van der Waals surface area contributed by atoms with Crippen molar-refractivity contribution in [2.75, 3.05) is 6.54 Å². The Morgan fingerprint density at radius 2 is 2.00 bits per heavy atom. The monoisotopic (exact) mass is 265 g/mol. The summed E-state index contributed by atoms with van der Waals surface area (Å²) in [6, 6.07) is 2.13. The smallest absolute Gasteiger partial charge is 0.118 e. The molecule has 0 amide bonds. The minimum atomic E-state index is 0.453. The highest BCUT2D eigenvalue weighted by Crippen LogP contribution is 2.22. The molecule has 0 saturated heterocycles. The van der Waals surface area contributed by atoms with Crippen molar-refractivity contribution in [3.8, 4) is 0 Å². The summed E-state index contributed by atoms with van der Waals surface area (Å²) < 4.78 is 11.8. The number of hydrogen-bond donors (Lipinski definition) is 1. The Hall–Kier alpha value is -0.800. The van der Waals surface area contributed by atoms with E-state index in [0.717, 1.165) is 24.6 Å². The van der Waals surface area contributed by atoms with E-state index >= 15 is 0 Å². The SMILES string of the molecule is CCNCc1cc(COC2CCCCCC2)c(C)o1. The van der Waals surface area contributed by atoms with Crippen LogP contribution in [-0.4, -0.2) is 12.6 Å². The van der Waals surface area contributed by atoms with Crippen molar-refractivity contribution in [3.63, 3.8) is 0 Å². The number of rotatable bonds is 6. The predicted octanol–water partition coefficient (Wildman–Crippen LogP) is 3.94. The lowest BCUT2D eigenvalue weighted by Crippen LogP contribution is -2.11. The number of furan rings is 1. The lowest BCUT2D eigenvalue weighted by Gasteiger charge is -2.14. The molecule has 1 aromatic heterocycles. The first-order chi connectivity index (χ1) is 9.29. The summed E-state index contributed by atoms with van der Waals surface area (Å²) in [6.45, 7) is 6.60. The Morgan fingerprint density at radius 3 is 2.68 bits per heavy atom. The van der Waals surface area contributed by atoms with Gasteiger partial charge in [0.15, 0.2) is 0 Å². The molecular weight excluding hydrogens is 238 g/mol. The van der Waals surface area contributed by atoms with Crippen molar-refractivity contribution in [3.05, 3.63) is 23.2 Å². The van der Waals surface area contributed by atoms with Gasteiger partial charge in [0.25, 0.3) is 0 Å². The van der Waals surface area contributed by atoms with Crippen LogP contribution in [0.3, 0.4) is 0 Å². The summed E-state index contributed by atoms with van der Waals surface area (Å²) >= 11 is 0. The molecule has 1 aliphatic carbocycles. The third-order valence-corrected chi connectivity index (χ3v) is 3.90. The first-order valence-corrected chi connectivity index (χ1v) is 7.70. The van der Waals surface area contributed by atoms with Gasteiger partial charge in [-0.1, -0.05) is 32.6 Å². The summed E-state index contributed by atoms with van der Waals surface area (Å²) in [5.41, 5.74) is 1.21. The molecule has 0 bridgehead atoms. The van der Waals surface area contributed by atoms with Crippen molar-refractivity contribution < 1.29 is 9.15 Å². The van der Waals surface area contributed by atoms with E-state index in [2.05, 4.69) is 18.3 Å². The molecule has 1 N–H and O–H groups in total. The minimum absolute atomic E-state index is 0.453. The second kappa shape index (κ2) is 7.71. The van der Waals surface area contributed by atoms with E-state index < -0.39 is 0 Å². The summed E-state index contributed by atoms with van der Waals surface area (Å²) in [6.07, 6.45) is 8.28. The van der Waals surface area contributed by atoms with Gasteiger partial charge in [-0.2, -0.15) is 0 Å². The zero-order valence-electron chi connectivity index (χ0n) is 12.3. The largest absolute Gasteiger partial charge is 0.465 e. The van der Waals surface area contributed by atoms with Crippen molar-refractivity contribution in [1.82, 2.24) is 5.32 Å². The lowest BCUT2D eigenvalue weighted by atomic mass is 10.1. The van der Waals surface area contributed by atoms with Gasteiger partial charge in [0.2, 0.25) is 0 Å². The fourth-order valence-corrected chi connectivity index (χ4v) is 2.68. The fraction of sp³-hybridized carbons (Fsp3) is 0.750. The fourth-order valence-electron chi connectivity index (χ4n) is 2.68. The van der Waals surface area contributed by atoms with Gasteiger partial charge < -0.3 is 14.5 Å². The predicted molar refractivity (Wildman–Crippen MR) is 77.1 cm³/mol.